The summed E-state index contributed by atoms with van der Waals surface area (Å²) in [4.78, 5) is 0. The average Bonchev–Trinajstić information content (AvgIpc) is 2.45. The van der Waals surface area contributed by atoms with Crippen molar-refractivity contribution in [3.05, 3.63) is 23.8 Å². The highest BCUT2D eigenvalue weighted by Crippen LogP contribution is 2.24. The first-order valence-electron chi connectivity index (χ1n) is 6.93. The molecule has 4 nitrogen and oxygen atoms in total. The van der Waals surface area contributed by atoms with Crippen molar-refractivity contribution in [2.45, 2.75) is 32.7 Å². The van der Waals surface area contributed by atoms with Gasteiger partial charge in [-0.25, -0.2) is 0 Å². The second-order valence-corrected chi connectivity index (χ2v) is 4.43. The Bertz CT molecular complexity index is 355. The van der Waals surface area contributed by atoms with Crippen molar-refractivity contribution in [1.29, 1.82) is 0 Å². The number of benzene rings is 1. The Morgan fingerprint density at radius 3 is 2.79 bits per heavy atom. The fourth-order valence-corrected chi connectivity index (χ4v) is 1.76. The molecule has 1 rings (SSSR count). The SMILES string of the molecule is CCCNCc1cc(OC)ccc1OCCCCO. The Labute approximate surface area is 115 Å². The minimum absolute atomic E-state index is 0.219. The Balaban J connectivity index is 2.60. The number of hydrogen-bond acceptors (Lipinski definition) is 4. The molecule has 4 heteroatoms. The van der Waals surface area contributed by atoms with Crippen LogP contribution >= 0.6 is 0 Å². The van der Waals surface area contributed by atoms with Gasteiger partial charge in [-0.05, 0) is 44.0 Å². The molecule has 0 amide bonds. The van der Waals surface area contributed by atoms with E-state index in [0.29, 0.717) is 6.61 Å². The Kier molecular flexibility index (Phi) is 8.02. The number of ether oxygens (including phenoxy) is 2. The van der Waals surface area contributed by atoms with Crippen molar-refractivity contribution in [2.24, 2.45) is 0 Å². The molecule has 19 heavy (non-hydrogen) atoms. The van der Waals surface area contributed by atoms with Gasteiger partial charge in [-0.1, -0.05) is 6.92 Å². The fraction of sp³-hybridized carbons (Fsp3) is 0.600. The van der Waals surface area contributed by atoms with Crippen LogP contribution in [0.1, 0.15) is 31.7 Å². The second kappa shape index (κ2) is 9.64. The molecule has 1 aromatic carbocycles. The maximum absolute atomic E-state index is 8.75. The van der Waals surface area contributed by atoms with E-state index in [4.69, 9.17) is 14.6 Å². The van der Waals surface area contributed by atoms with E-state index in [1.807, 2.05) is 18.2 Å². The molecule has 0 spiro atoms. The van der Waals surface area contributed by atoms with Crippen molar-refractivity contribution in [3.8, 4) is 11.5 Å². The highest BCUT2D eigenvalue weighted by atomic mass is 16.5. The standard InChI is InChI=1S/C15H25NO3/c1-3-8-16-12-13-11-14(18-2)6-7-15(13)19-10-5-4-9-17/h6-7,11,16-17H,3-5,8-10,12H2,1-2H3. The highest BCUT2D eigenvalue weighted by molar-refractivity contribution is 5.40. The van der Waals surface area contributed by atoms with Gasteiger partial charge in [-0.15, -0.1) is 0 Å². The molecule has 0 fully saturated rings. The molecule has 2 N–H and O–H groups in total. The van der Waals surface area contributed by atoms with Crippen LogP contribution in [0, 0.1) is 0 Å². The molecule has 0 aliphatic heterocycles. The summed E-state index contributed by atoms with van der Waals surface area (Å²) in [5, 5.41) is 12.1. The molecule has 108 valence electrons. The van der Waals surface area contributed by atoms with Gasteiger partial charge in [0.05, 0.1) is 13.7 Å². The van der Waals surface area contributed by atoms with Crippen LogP contribution in [0.3, 0.4) is 0 Å². The number of aliphatic hydroxyl groups excluding tert-OH is 1. The molecule has 0 radical (unpaired) electrons. The second-order valence-electron chi connectivity index (χ2n) is 4.43. The van der Waals surface area contributed by atoms with Gasteiger partial charge in [-0.2, -0.15) is 0 Å². The maximum atomic E-state index is 8.75. The van der Waals surface area contributed by atoms with E-state index in [9.17, 15) is 0 Å². The predicted octanol–water partition coefficient (Wildman–Crippen LogP) is 2.35. The summed E-state index contributed by atoms with van der Waals surface area (Å²) >= 11 is 0. The zero-order valence-corrected chi connectivity index (χ0v) is 11.9. The topological polar surface area (TPSA) is 50.7 Å². The zero-order valence-electron chi connectivity index (χ0n) is 11.9. The van der Waals surface area contributed by atoms with Crippen LogP contribution in [0.4, 0.5) is 0 Å². The lowest BCUT2D eigenvalue weighted by atomic mass is 10.2. The number of nitrogens with one attached hydrogen (secondary N) is 1. The Morgan fingerprint density at radius 2 is 2.11 bits per heavy atom. The van der Waals surface area contributed by atoms with Crippen molar-refractivity contribution >= 4 is 0 Å². The number of aliphatic hydroxyl groups is 1. The van der Waals surface area contributed by atoms with Gasteiger partial charge < -0.3 is 19.9 Å². The Morgan fingerprint density at radius 1 is 1.26 bits per heavy atom. The Hall–Kier alpha value is -1.26. The summed E-state index contributed by atoms with van der Waals surface area (Å²) < 4.78 is 11.0. The third kappa shape index (κ3) is 5.94. The van der Waals surface area contributed by atoms with Gasteiger partial charge >= 0.3 is 0 Å². The molecule has 0 aliphatic carbocycles. The number of rotatable bonds is 10. The summed E-state index contributed by atoms with van der Waals surface area (Å²) in [6, 6.07) is 5.86. The molecule has 0 atom stereocenters. The van der Waals surface area contributed by atoms with Crippen LogP contribution < -0.4 is 14.8 Å². The molecule has 0 unspecified atom stereocenters. The van der Waals surface area contributed by atoms with E-state index in [-0.39, 0.29) is 6.61 Å². The van der Waals surface area contributed by atoms with Crippen molar-refractivity contribution < 1.29 is 14.6 Å². The normalized spacial score (nSPS) is 10.5. The average molecular weight is 267 g/mol. The molecule has 0 aromatic heterocycles. The zero-order chi connectivity index (χ0) is 13.9. The van der Waals surface area contributed by atoms with E-state index < -0.39 is 0 Å². The first-order valence-corrected chi connectivity index (χ1v) is 6.93. The lowest BCUT2D eigenvalue weighted by Crippen LogP contribution is -2.15. The molecule has 0 heterocycles. The number of hydrogen-bond donors (Lipinski definition) is 2. The van der Waals surface area contributed by atoms with Gasteiger partial charge in [0.1, 0.15) is 11.5 Å². The fourth-order valence-electron chi connectivity index (χ4n) is 1.76. The summed E-state index contributed by atoms with van der Waals surface area (Å²) in [7, 11) is 1.67. The summed E-state index contributed by atoms with van der Waals surface area (Å²) in [5.41, 5.74) is 1.11. The van der Waals surface area contributed by atoms with E-state index in [1.165, 1.54) is 0 Å². The van der Waals surface area contributed by atoms with Gasteiger partial charge in [0.2, 0.25) is 0 Å². The van der Waals surface area contributed by atoms with Crippen LogP contribution in [0.2, 0.25) is 0 Å². The van der Waals surface area contributed by atoms with E-state index in [2.05, 4.69) is 12.2 Å². The van der Waals surface area contributed by atoms with Gasteiger partial charge in [-0.3, -0.25) is 0 Å². The summed E-state index contributed by atoms with van der Waals surface area (Å²) in [6.07, 6.45) is 2.75. The lowest BCUT2D eigenvalue weighted by molar-refractivity contribution is 0.252. The lowest BCUT2D eigenvalue weighted by Gasteiger charge is -2.13. The largest absolute Gasteiger partial charge is 0.497 e. The van der Waals surface area contributed by atoms with Crippen molar-refractivity contribution in [1.82, 2.24) is 5.32 Å². The minimum atomic E-state index is 0.219. The first-order chi connectivity index (χ1) is 9.31. The van der Waals surface area contributed by atoms with Crippen LogP contribution in [-0.4, -0.2) is 32.0 Å². The third-order valence-corrected chi connectivity index (χ3v) is 2.82. The molecule has 0 bridgehead atoms. The summed E-state index contributed by atoms with van der Waals surface area (Å²) in [5.74, 6) is 1.73. The monoisotopic (exact) mass is 267 g/mol. The summed E-state index contributed by atoms with van der Waals surface area (Å²) in [6.45, 7) is 4.76. The van der Waals surface area contributed by atoms with Gasteiger partial charge in [0.15, 0.2) is 0 Å². The highest BCUT2D eigenvalue weighted by Gasteiger charge is 2.05. The molecule has 0 saturated carbocycles. The van der Waals surface area contributed by atoms with Crippen LogP contribution in [-0.2, 0) is 6.54 Å². The van der Waals surface area contributed by atoms with Gasteiger partial charge in [0.25, 0.3) is 0 Å². The molecule has 0 saturated heterocycles. The van der Waals surface area contributed by atoms with Crippen LogP contribution in [0.15, 0.2) is 18.2 Å². The molecule has 1 aromatic rings. The number of unbranched alkanes of at least 4 members (excludes halogenated alkanes) is 1. The van der Waals surface area contributed by atoms with Crippen molar-refractivity contribution in [2.75, 3.05) is 26.9 Å². The smallest absolute Gasteiger partial charge is 0.124 e. The van der Waals surface area contributed by atoms with E-state index >= 15 is 0 Å². The third-order valence-electron chi connectivity index (χ3n) is 2.82. The molecular formula is C15H25NO3. The maximum Gasteiger partial charge on any atom is 0.124 e. The molecular weight excluding hydrogens is 242 g/mol. The first kappa shape index (κ1) is 15.8. The van der Waals surface area contributed by atoms with E-state index in [0.717, 1.165) is 49.4 Å². The number of methoxy groups -OCH3 is 1. The van der Waals surface area contributed by atoms with Crippen molar-refractivity contribution in [3.63, 3.8) is 0 Å². The van der Waals surface area contributed by atoms with E-state index in [1.54, 1.807) is 7.11 Å². The van der Waals surface area contributed by atoms with Crippen LogP contribution in [0.5, 0.6) is 11.5 Å². The van der Waals surface area contributed by atoms with Gasteiger partial charge in [0, 0.05) is 18.7 Å². The minimum Gasteiger partial charge on any atom is -0.497 e. The predicted molar refractivity (Wildman–Crippen MR) is 76.8 cm³/mol. The van der Waals surface area contributed by atoms with Crippen LogP contribution in [0.25, 0.3) is 0 Å². The molecule has 0 aliphatic rings. The quantitative estimate of drug-likeness (QED) is 0.639.